The van der Waals surface area contributed by atoms with Crippen molar-refractivity contribution in [1.82, 2.24) is 0 Å². The fraction of sp³-hybridized carbons (Fsp3) is 0.120. The van der Waals surface area contributed by atoms with Crippen LogP contribution in [0.4, 0.5) is 11.4 Å². The SMILES string of the molecule is CC(=O)c1ccc(N2C(=O)CC(Sc3ccc(NC(=O)c4ccc(Cl)cc4Cl)cc3)C2=O)cc1. The minimum absolute atomic E-state index is 0.0749. The summed E-state index contributed by atoms with van der Waals surface area (Å²) in [5.41, 5.74) is 1.82. The number of carbonyl (C=O) groups is 4. The molecule has 3 aromatic carbocycles. The zero-order valence-corrected chi connectivity index (χ0v) is 20.2. The van der Waals surface area contributed by atoms with Crippen LogP contribution >= 0.6 is 35.0 Å². The van der Waals surface area contributed by atoms with Gasteiger partial charge in [-0.1, -0.05) is 23.2 Å². The summed E-state index contributed by atoms with van der Waals surface area (Å²) < 4.78 is 0. The number of hydrogen-bond donors (Lipinski definition) is 1. The zero-order chi connectivity index (χ0) is 24.4. The molecule has 0 saturated carbocycles. The van der Waals surface area contributed by atoms with Crippen molar-refractivity contribution in [2.45, 2.75) is 23.5 Å². The minimum atomic E-state index is -0.562. The number of halogens is 2. The zero-order valence-electron chi connectivity index (χ0n) is 17.9. The van der Waals surface area contributed by atoms with Crippen molar-refractivity contribution < 1.29 is 19.2 Å². The van der Waals surface area contributed by atoms with Crippen LogP contribution in [-0.2, 0) is 9.59 Å². The van der Waals surface area contributed by atoms with E-state index in [0.29, 0.717) is 27.5 Å². The molecule has 1 atom stereocenters. The molecule has 0 aromatic heterocycles. The van der Waals surface area contributed by atoms with E-state index in [-0.39, 0.29) is 34.9 Å². The third-order valence-corrected chi connectivity index (χ3v) is 6.95. The summed E-state index contributed by atoms with van der Waals surface area (Å²) in [5, 5.41) is 2.90. The molecule has 3 amide bonds. The second-order valence-electron chi connectivity index (χ2n) is 7.58. The number of imide groups is 1. The molecule has 1 aliphatic heterocycles. The Bertz CT molecular complexity index is 1290. The van der Waals surface area contributed by atoms with Crippen LogP contribution in [0.2, 0.25) is 10.0 Å². The monoisotopic (exact) mass is 512 g/mol. The number of nitrogens with one attached hydrogen (secondary N) is 1. The molecule has 1 aliphatic rings. The van der Waals surface area contributed by atoms with Crippen LogP contribution in [0.15, 0.2) is 71.6 Å². The van der Waals surface area contributed by atoms with Crippen molar-refractivity contribution in [2.24, 2.45) is 0 Å². The molecule has 1 N–H and O–H groups in total. The van der Waals surface area contributed by atoms with Crippen molar-refractivity contribution in [2.75, 3.05) is 10.2 Å². The molecule has 4 rings (SSSR count). The van der Waals surface area contributed by atoms with Crippen molar-refractivity contribution in [3.8, 4) is 0 Å². The van der Waals surface area contributed by atoms with Gasteiger partial charge in [-0.2, -0.15) is 0 Å². The van der Waals surface area contributed by atoms with E-state index < -0.39 is 5.25 Å². The van der Waals surface area contributed by atoms with Gasteiger partial charge in [0.1, 0.15) is 0 Å². The summed E-state index contributed by atoms with van der Waals surface area (Å²) in [6, 6.07) is 18.0. The lowest BCUT2D eigenvalue weighted by molar-refractivity contribution is -0.121. The van der Waals surface area contributed by atoms with Crippen molar-refractivity contribution in [3.05, 3.63) is 87.9 Å². The number of hydrogen-bond acceptors (Lipinski definition) is 5. The summed E-state index contributed by atoms with van der Waals surface area (Å²) in [5.74, 6) is -1.05. The maximum Gasteiger partial charge on any atom is 0.257 e. The number of benzene rings is 3. The minimum Gasteiger partial charge on any atom is -0.322 e. The van der Waals surface area contributed by atoms with E-state index >= 15 is 0 Å². The lowest BCUT2D eigenvalue weighted by Crippen LogP contribution is -2.31. The first-order valence-electron chi connectivity index (χ1n) is 10.2. The molecule has 9 heteroatoms. The second-order valence-corrected chi connectivity index (χ2v) is 9.70. The average Bonchev–Trinajstić information content (AvgIpc) is 3.07. The molecule has 0 bridgehead atoms. The number of carbonyl (C=O) groups excluding carboxylic acids is 4. The first-order valence-corrected chi connectivity index (χ1v) is 11.9. The fourth-order valence-electron chi connectivity index (χ4n) is 3.47. The predicted molar refractivity (Wildman–Crippen MR) is 134 cm³/mol. The second kappa shape index (κ2) is 10.0. The molecular weight excluding hydrogens is 495 g/mol. The highest BCUT2D eigenvalue weighted by atomic mass is 35.5. The van der Waals surface area contributed by atoms with E-state index in [0.717, 1.165) is 9.80 Å². The lowest BCUT2D eigenvalue weighted by Gasteiger charge is -2.15. The molecule has 0 radical (unpaired) electrons. The lowest BCUT2D eigenvalue weighted by atomic mass is 10.1. The molecule has 1 unspecified atom stereocenters. The standard InChI is InChI=1S/C25H18Cl2N2O4S/c1-14(30)15-2-7-18(8-3-15)29-23(31)13-22(25(29)33)34-19-9-5-17(6-10-19)28-24(32)20-11-4-16(26)12-21(20)27/h2-12,22H,13H2,1H3,(H,28,32). The van der Waals surface area contributed by atoms with Crippen LogP contribution in [0.1, 0.15) is 34.1 Å². The summed E-state index contributed by atoms with van der Waals surface area (Å²) in [7, 11) is 0. The van der Waals surface area contributed by atoms with Gasteiger partial charge in [0, 0.05) is 27.6 Å². The maximum atomic E-state index is 12.9. The highest BCUT2D eigenvalue weighted by Gasteiger charge is 2.40. The fourth-order valence-corrected chi connectivity index (χ4v) is 5.01. The Morgan fingerprint density at radius 1 is 0.971 bits per heavy atom. The number of ketones is 1. The molecule has 0 aliphatic carbocycles. The number of amides is 3. The Kier molecular flexibility index (Phi) is 7.07. The third kappa shape index (κ3) is 5.17. The van der Waals surface area contributed by atoms with Crippen LogP contribution in [0, 0.1) is 0 Å². The Morgan fingerprint density at radius 2 is 1.65 bits per heavy atom. The maximum absolute atomic E-state index is 12.9. The Hall–Kier alpha value is -3.13. The molecule has 1 saturated heterocycles. The molecule has 34 heavy (non-hydrogen) atoms. The van der Waals surface area contributed by atoms with E-state index in [2.05, 4.69) is 5.32 Å². The third-order valence-electron chi connectivity index (χ3n) is 5.20. The molecular formula is C25H18Cl2N2O4S. The highest BCUT2D eigenvalue weighted by molar-refractivity contribution is 8.00. The quantitative estimate of drug-likeness (QED) is 0.329. The van der Waals surface area contributed by atoms with Gasteiger partial charge in [0.05, 0.1) is 21.5 Å². The van der Waals surface area contributed by atoms with Gasteiger partial charge in [0.15, 0.2) is 5.78 Å². The van der Waals surface area contributed by atoms with Gasteiger partial charge in [-0.3, -0.25) is 19.2 Å². The Morgan fingerprint density at radius 3 is 2.26 bits per heavy atom. The van der Waals surface area contributed by atoms with E-state index in [1.54, 1.807) is 60.7 Å². The van der Waals surface area contributed by atoms with Gasteiger partial charge in [-0.05, 0) is 73.7 Å². The Labute approximate surface area is 210 Å². The first kappa shape index (κ1) is 24.0. The average molecular weight is 513 g/mol. The summed E-state index contributed by atoms with van der Waals surface area (Å²) in [4.78, 5) is 51.3. The summed E-state index contributed by atoms with van der Waals surface area (Å²) in [6.45, 7) is 1.46. The molecule has 1 heterocycles. The van der Waals surface area contributed by atoms with Crippen LogP contribution in [0.3, 0.4) is 0 Å². The van der Waals surface area contributed by atoms with Crippen LogP contribution < -0.4 is 10.2 Å². The number of nitrogens with zero attached hydrogens (tertiary/aromatic N) is 1. The largest absolute Gasteiger partial charge is 0.322 e. The van der Waals surface area contributed by atoms with E-state index in [9.17, 15) is 19.2 Å². The van der Waals surface area contributed by atoms with Gasteiger partial charge >= 0.3 is 0 Å². The molecule has 6 nitrogen and oxygen atoms in total. The van der Waals surface area contributed by atoms with E-state index in [4.69, 9.17) is 23.2 Å². The van der Waals surface area contributed by atoms with Crippen molar-refractivity contribution >= 4 is 69.8 Å². The first-order chi connectivity index (χ1) is 16.2. The number of anilines is 2. The summed E-state index contributed by atoms with van der Waals surface area (Å²) in [6.07, 6.45) is 0.0749. The number of thioether (sulfide) groups is 1. The normalized spacial score (nSPS) is 15.5. The van der Waals surface area contributed by atoms with Gasteiger partial charge < -0.3 is 5.32 Å². The van der Waals surface area contributed by atoms with Gasteiger partial charge in [-0.25, -0.2) is 4.90 Å². The molecule has 1 fully saturated rings. The number of rotatable bonds is 6. The smallest absolute Gasteiger partial charge is 0.257 e. The van der Waals surface area contributed by atoms with Crippen LogP contribution in [0.5, 0.6) is 0 Å². The van der Waals surface area contributed by atoms with Crippen molar-refractivity contribution in [3.63, 3.8) is 0 Å². The topological polar surface area (TPSA) is 83.6 Å². The highest BCUT2D eigenvalue weighted by Crippen LogP contribution is 2.34. The van der Waals surface area contributed by atoms with E-state index in [1.165, 1.54) is 24.8 Å². The van der Waals surface area contributed by atoms with E-state index in [1.807, 2.05) is 0 Å². The van der Waals surface area contributed by atoms with Gasteiger partial charge in [-0.15, -0.1) is 11.8 Å². The molecule has 0 spiro atoms. The van der Waals surface area contributed by atoms with Crippen LogP contribution in [-0.4, -0.2) is 28.8 Å². The Balaban J connectivity index is 1.41. The summed E-state index contributed by atoms with van der Waals surface area (Å²) >= 11 is 13.2. The van der Waals surface area contributed by atoms with Gasteiger partial charge in [0.25, 0.3) is 5.91 Å². The predicted octanol–water partition coefficient (Wildman–Crippen LogP) is 5.87. The molecule has 3 aromatic rings. The van der Waals surface area contributed by atoms with Crippen molar-refractivity contribution in [1.29, 1.82) is 0 Å². The number of Topliss-reactive ketones (excluding diaryl/α,β-unsaturated/α-hetero) is 1. The van der Waals surface area contributed by atoms with Gasteiger partial charge in [0.2, 0.25) is 11.8 Å². The molecule has 172 valence electrons. The van der Waals surface area contributed by atoms with Crippen LogP contribution in [0.25, 0.3) is 0 Å².